The third-order valence-electron chi connectivity index (χ3n) is 6.65. The second-order valence-corrected chi connectivity index (χ2v) is 11.2. The summed E-state index contributed by atoms with van der Waals surface area (Å²) in [6.45, 7) is 2.64. The molecule has 1 aromatic heterocycles. The van der Waals surface area contributed by atoms with Crippen LogP contribution in [0.1, 0.15) is 55.2 Å². The average Bonchev–Trinajstić information content (AvgIpc) is 3.26. The molecule has 1 aliphatic rings. The Hall–Kier alpha value is -2.60. The lowest BCUT2D eigenvalue weighted by molar-refractivity contribution is 0.312. The molecule has 0 aliphatic heterocycles. The molecule has 0 bridgehead atoms. The molecule has 33 heavy (non-hydrogen) atoms. The second-order valence-electron chi connectivity index (χ2n) is 9.14. The highest BCUT2D eigenvalue weighted by Gasteiger charge is 2.29. The summed E-state index contributed by atoms with van der Waals surface area (Å²) in [7, 11) is -1.61. The molecule has 0 N–H and O–H groups in total. The summed E-state index contributed by atoms with van der Waals surface area (Å²) in [4.78, 5) is 3.97. The van der Waals surface area contributed by atoms with Gasteiger partial charge in [-0.05, 0) is 66.3 Å². The number of aromatic nitrogens is 2. The van der Waals surface area contributed by atoms with Crippen molar-refractivity contribution in [3.63, 3.8) is 0 Å². The number of benzene rings is 2. The summed E-state index contributed by atoms with van der Waals surface area (Å²) >= 11 is 0. The molecule has 0 radical (unpaired) electrons. The molecule has 0 amide bonds. The Labute approximate surface area is 197 Å². The van der Waals surface area contributed by atoms with Gasteiger partial charge in [0.25, 0.3) is 0 Å². The predicted octanol–water partition coefficient (Wildman–Crippen LogP) is 5.35. The van der Waals surface area contributed by atoms with Crippen molar-refractivity contribution in [2.24, 2.45) is 13.0 Å². The monoisotopic (exact) mass is 466 g/mol. The number of ether oxygens (including phenoxy) is 1. The highest BCUT2D eigenvalue weighted by atomic mass is 32.2. The molecule has 0 saturated heterocycles. The maximum Gasteiger partial charge on any atom is 0.197 e. The van der Waals surface area contributed by atoms with E-state index in [-0.39, 0.29) is 10.8 Å². The van der Waals surface area contributed by atoms with Crippen LogP contribution < -0.4 is 4.74 Å². The molecule has 1 heterocycles. The molecule has 176 valence electrons. The van der Waals surface area contributed by atoms with E-state index in [1.165, 1.54) is 42.3 Å². The average molecular weight is 467 g/mol. The van der Waals surface area contributed by atoms with Gasteiger partial charge in [-0.15, -0.1) is 0 Å². The number of imidazole rings is 1. The summed E-state index contributed by atoms with van der Waals surface area (Å²) < 4.78 is 32.5. The molecule has 1 aliphatic carbocycles. The highest BCUT2D eigenvalue weighted by Crippen LogP contribution is 2.42. The summed E-state index contributed by atoms with van der Waals surface area (Å²) in [5, 5.41) is 0.129. The normalized spacial score (nSPS) is 18.1. The van der Waals surface area contributed by atoms with Gasteiger partial charge in [0.1, 0.15) is 5.75 Å². The summed E-state index contributed by atoms with van der Waals surface area (Å²) in [5.41, 5.74) is 4.21. The topological polar surface area (TPSA) is 61.2 Å². The van der Waals surface area contributed by atoms with E-state index < -0.39 is 9.84 Å². The molecular formula is C27H34N2O3S. The van der Waals surface area contributed by atoms with Crippen LogP contribution in [-0.4, -0.2) is 30.3 Å². The third-order valence-corrected chi connectivity index (χ3v) is 8.33. The highest BCUT2D eigenvalue weighted by molar-refractivity contribution is 7.91. The molecule has 2 aromatic carbocycles. The van der Waals surface area contributed by atoms with Gasteiger partial charge in [0.15, 0.2) is 14.9 Å². The van der Waals surface area contributed by atoms with Crippen molar-refractivity contribution < 1.29 is 13.2 Å². The van der Waals surface area contributed by atoms with E-state index in [2.05, 4.69) is 54.4 Å². The van der Waals surface area contributed by atoms with Crippen LogP contribution >= 0.6 is 0 Å². The van der Waals surface area contributed by atoms with Crippen molar-refractivity contribution in [1.82, 2.24) is 9.55 Å². The van der Waals surface area contributed by atoms with Crippen LogP contribution in [0, 0.1) is 5.92 Å². The van der Waals surface area contributed by atoms with Gasteiger partial charge in [0.2, 0.25) is 0 Å². The quantitative estimate of drug-likeness (QED) is 0.378. The molecular weight excluding hydrogens is 432 g/mol. The van der Waals surface area contributed by atoms with Crippen molar-refractivity contribution in [2.75, 3.05) is 12.4 Å². The lowest BCUT2D eigenvalue weighted by atomic mass is 9.71. The Balaban J connectivity index is 1.43. The number of hydrogen-bond donors (Lipinski definition) is 0. The van der Waals surface area contributed by atoms with Gasteiger partial charge >= 0.3 is 0 Å². The number of aryl methyl sites for hydroxylation is 2. The number of hydrogen-bond acceptors (Lipinski definition) is 4. The van der Waals surface area contributed by atoms with Crippen molar-refractivity contribution in [3.8, 4) is 5.75 Å². The van der Waals surface area contributed by atoms with Crippen LogP contribution in [-0.2, 0) is 29.7 Å². The summed E-state index contributed by atoms with van der Waals surface area (Å²) in [5.74, 6) is 2.04. The fraction of sp³-hybridized carbons (Fsp3) is 0.444. The molecule has 0 unspecified atom stereocenters. The molecule has 0 saturated carbocycles. The van der Waals surface area contributed by atoms with Crippen LogP contribution in [0.15, 0.2) is 66.1 Å². The Morgan fingerprint density at radius 3 is 2.70 bits per heavy atom. The van der Waals surface area contributed by atoms with Crippen molar-refractivity contribution in [3.05, 3.63) is 77.7 Å². The molecule has 6 heteroatoms. The van der Waals surface area contributed by atoms with E-state index in [1.54, 1.807) is 17.8 Å². The van der Waals surface area contributed by atoms with Gasteiger partial charge in [0, 0.05) is 13.2 Å². The van der Waals surface area contributed by atoms with Gasteiger partial charge in [0.05, 0.1) is 18.7 Å². The van der Waals surface area contributed by atoms with E-state index in [0.29, 0.717) is 24.9 Å². The molecule has 3 aromatic rings. The lowest BCUT2D eigenvalue weighted by Crippen LogP contribution is -2.23. The Morgan fingerprint density at radius 2 is 1.97 bits per heavy atom. The van der Waals surface area contributed by atoms with Crippen molar-refractivity contribution >= 4 is 9.84 Å². The minimum atomic E-state index is -3.38. The van der Waals surface area contributed by atoms with Crippen LogP contribution in [0.25, 0.3) is 0 Å². The molecule has 0 spiro atoms. The lowest BCUT2D eigenvalue weighted by Gasteiger charge is -2.34. The summed E-state index contributed by atoms with van der Waals surface area (Å²) in [6, 6.07) is 17.2. The van der Waals surface area contributed by atoms with E-state index in [0.717, 1.165) is 18.6 Å². The molecule has 5 nitrogen and oxygen atoms in total. The van der Waals surface area contributed by atoms with E-state index in [9.17, 15) is 8.42 Å². The van der Waals surface area contributed by atoms with Gasteiger partial charge < -0.3 is 9.30 Å². The van der Waals surface area contributed by atoms with Crippen LogP contribution in [0.3, 0.4) is 0 Å². The number of rotatable bonds is 10. The fourth-order valence-electron chi connectivity index (χ4n) is 4.99. The van der Waals surface area contributed by atoms with Crippen molar-refractivity contribution in [1.29, 1.82) is 0 Å². The first kappa shape index (κ1) is 23.6. The van der Waals surface area contributed by atoms with E-state index >= 15 is 0 Å². The van der Waals surface area contributed by atoms with Crippen LogP contribution in [0.2, 0.25) is 0 Å². The summed E-state index contributed by atoms with van der Waals surface area (Å²) in [6.07, 6.45) is 9.33. The number of sulfone groups is 1. The SMILES string of the molecule is CCC[C@@H]1CCc2ccc(OCCCS(=O)(=O)c3cn(C)cn3)cc2[C@@H]1Cc1ccccc1. The van der Waals surface area contributed by atoms with E-state index in [4.69, 9.17) is 4.74 Å². The Kier molecular flexibility index (Phi) is 7.53. The zero-order valence-corrected chi connectivity index (χ0v) is 20.4. The first-order valence-electron chi connectivity index (χ1n) is 12.0. The Bertz CT molecular complexity index is 1160. The minimum Gasteiger partial charge on any atom is -0.494 e. The predicted molar refractivity (Wildman–Crippen MR) is 131 cm³/mol. The largest absolute Gasteiger partial charge is 0.494 e. The smallest absolute Gasteiger partial charge is 0.197 e. The number of nitrogens with zero attached hydrogens (tertiary/aromatic N) is 2. The molecule has 2 atom stereocenters. The van der Waals surface area contributed by atoms with Gasteiger partial charge in [-0.3, -0.25) is 0 Å². The molecule has 0 fully saturated rings. The zero-order valence-electron chi connectivity index (χ0n) is 19.6. The second kappa shape index (κ2) is 10.6. The fourth-order valence-corrected chi connectivity index (χ4v) is 6.23. The van der Waals surface area contributed by atoms with Crippen LogP contribution in [0.5, 0.6) is 5.75 Å². The minimum absolute atomic E-state index is 0.0319. The third kappa shape index (κ3) is 5.85. The van der Waals surface area contributed by atoms with Gasteiger partial charge in [-0.1, -0.05) is 56.2 Å². The maximum atomic E-state index is 12.4. The Morgan fingerprint density at radius 1 is 1.15 bits per heavy atom. The molecule has 4 rings (SSSR count). The van der Waals surface area contributed by atoms with Gasteiger partial charge in [-0.25, -0.2) is 13.4 Å². The standard InChI is InChI=1S/C27H34N2O3S/c1-3-8-22-11-12-23-13-14-24(18-26(23)25(22)17-21-9-5-4-6-10-21)32-15-7-16-33(30,31)27-19-29(2)20-28-27/h4-6,9-10,13-14,18-20,22,25H,3,7-8,11-12,15-17H2,1-2H3/t22-,25-/m1/s1. The van der Waals surface area contributed by atoms with E-state index in [1.807, 2.05) is 6.07 Å². The maximum absolute atomic E-state index is 12.4. The van der Waals surface area contributed by atoms with Crippen molar-refractivity contribution in [2.45, 2.75) is 56.4 Å². The number of fused-ring (bicyclic) bond motifs is 1. The van der Waals surface area contributed by atoms with Crippen LogP contribution in [0.4, 0.5) is 0 Å². The first-order valence-corrected chi connectivity index (χ1v) is 13.6. The first-order chi connectivity index (χ1) is 16.0. The van der Waals surface area contributed by atoms with Gasteiger partial charge in [-0.2, -0.15) is 0 Å². The zero-order chi connectivity index (χ0) is 23.3.